The molecule has 2 N–H and O–H groups in total. The number of hydrogen-bond donors (Lipinski definition) is 2. The van der Waals surface area contributed by atoms with Gasteiger partial charge in [-0.2, -0.15) is 0 Å². The van der Waals surface area contributed by atoms with Crippen molar-refractivity contribution in [2.75, 3.05) is 32.5 Å². The zero-order chi connectivity index (χ0) is 26.7. The number of halogens is 3. The van der Waals surface area contributed by atoms with Crippen molar-refractivity contribution in [2.24, 2.45) is 0 Å². The Morgan fingerprint density at radius 1 is 1.03 bits per heavy atom. The van der Waals surface area contributed by atoms with Crippen LogP contribution in [0.3, 0.4) is 0 Å². The molecule has 0 unspecified atom stereocenters. The van der Waals surface area contributed by atoms with E-state index < -0.39 is 29.8 Å². The van der Waals surface area contributed by atoms with E-state index >= 15 is 0 Å². The van der Waals surface area contributed by atoms with E-state index in [1.54, 1.807) is 60.7 Å². The average molecular weight is 651 g/mol. The molecule has 0 bridgehead atoms. The van der Waals surface area contributed by atoms with Crippen molar-refractivity contribution >= 4 is 69.2 Å². The maximum Gasteiger partial charge on any atom is 0.257 e. The highest BCUT2D eigenvalue weighted by atomic mass is 127. The van der Waals surface area contributed by atoms with Gasteiger partial charge in [0.05, 0.1) is 11.3 Å². The number of carbonyl (C=O) groups is 3. The van der Waals surface area contributed by atoms with Crippen molar-refractivity contribution in [3.05, 3.63) is 97.0 Å². The van der Waals surface area contributed by atoms with Gasteiger partial charge in [-0.15, -0.1) is 0 Å². The summed E-state index contributed by atoms with van der Waals surface area (Å²) in [6.45, 7) is 0.972. The summed E-state index contributed by atoms with van der Waals surface area (Å²) >= 11 is 14.4. The molecule has 1 aliphatic rings. The number of rotatable bonds is 7. The number of fused-ring (bicyclic) bond motifs is 1. The topological polar surface area (TPSA) is 81.8 Å². The Balaban J connectivity index is 1.90. The van der Waals surface area contributed by atoms with Gasteiger partial charge in [0.2, 0.25) is 5.91 Å². The van der Waals surface area contributed by atoms with E-state index in [1.807, 2.05) is 25.1 Å². The quantitative estimate of drug-likeness (QED) is 0.347. The Kier molecular flexibility index (Phi) is 8.74. The summed E-state index contributed by atoms with van der Waals surface area (Å²) in [7, 11) is 3.81. The van der Waals surface area contributed by atoms with E-state index in [1.165, 1.54) is 4.90 Å². The number of likely N-dealkylation sites (N-methyl/N-ethyl adjacent to an activating group) is 1. The third-order valence-electron chi connectivity index (χ3n) is 5.99. The van der Waals surface area contributed by atoms with E-state index in [9.17, 15) is 14.4 Å². The number of amides is 3. The van der Waals surface area contributed by atoms with Crippen molar-refractivity contribution in [3.8, 4) is 0 Å². The zero-order valence-electron chi connectivity index (χ0n) is 20.2. The van der Waals surface area contributed by atoms with E-state index in [0.717, 1.165) is 3.57 Å². The monoisotopic (exact) mass is 650 g/mol. The first-order chi connectivity index (χ1) is 17.7. The molecular formula is C27H25Cl2IN4O3. The van der Waals surface area contributed by atoms with E-state index in [0.29, 0.717) is 45.5 Å². The average Bonchev–Trinajstić information content (AvgIpc) is 2.95. The molecule has 1 aliphatic heterocycles. The van der Waals surface area contributed by atoms with Crippen LogP contribution >= 0.6 is 45.8 Å². The number of carbonyl (C=O) groups excluding carboxylic acids is 3. The molecule has 0 fully saturated rings. The third kappa shape index (κ3) is 6.26. The van der Waals surface area contributed by atoms with Gasteiger partial charge in [0.25, 0.3) is 11.8 Å². The van der Waals surface area contributed by atoms with Gasteiger partial charge in [0, 0.05) is 26.7 Å². The number of hydrogen-bond acceptors (Lipinski definition) is 4. The van der Waals surface area contributed by atoms with Crippen LogP contribution in [0.5, 0.6) is 0 Å². The highest BCUT2D eigenvalue weighted by molar-refractivity contribution is 14.1. The molecule has 192 valence electrons. The summed E-state index contributed by atoms with van der Waals surface area (Å²) < 4.78 is 0.822. The fraction of sp³-hybridized carbons (Fsp3) is 0.222. The summed E-state index contributed by atoms with van der Waals surface area (Å²) in [5.41, 5.74) is 1.75. The summed E-state index contributed by atoms with van der Waals surface area (Å²) in [6.07, 6.45) is 0. The maximum absolute atomic E-state index is 14.2. The van der Waals surface area contributed by atoms with Gasteiger partial charge in [-0.1, -0.05) is 47.5 Å². The van der Waals surface area contributed by atoms with Gasteiger partial charge < -0.3 is 20.4 Å². The van der Waals surface area contributed by atoms with Gasteiger partial charge in [0.1, 0.15) is 12.1 Å². The first kappa shape index (κ1) is 27.4. The predicted molar refractivity (Wildman–Crippen MR) is 154 cm³/mol. The highest BCUT2D eigenvalue weighted by Crippen LogP contribution is 2.38. The Morgan fingerprint density at radius 3 is 2.27 bits per heavy atom. The number of benzene rings is 3. The van der Waals surface area contributed by atoms with Gasteiger partial charge in [0.15, 0.2) is 0 Å². The Hall–Kier alpha value is -2.66. The molecule has 4 rings (SSSR count). The van der Waals surface area contributed by atoms with Crippen molar-refractivity contribution < 1.29 is 14.4 Å². The van der Waals surface area contributed by atoms with Crippen LogP contribution in [0.25, 0.3) is 0 Å². The molecule has 0 aromatic heterocycles. The lowest BCUT2D eigenvalue weighted by Gasteiger charge is -2.36. The lowest BCUT2D eigenvalue weighted by atomic mass is 9.97. The minimum atomic E-state index is -1.11. The summed E-state index contributed by atoms with van der Waals surface area (Å²) in [6, 6.07) is 16.4. The largest absolute Gasteiger partial charge is 0.353 e. The fourth-order valence-corrected chi connectivity index (χ4v) is 4.94. The minimum Gasteiger partial charge on any atom is -0.353 e. The predicted octanol–water partition coefficient (Wildman–Crippen LogP) is 5.15. The summed E-state index contributed by atoms with van der Waals surface area (Å²) in [4.78, 5) is 45.0. The molecule has 2 atom stereocenters. The highest BCUT2D eigenvalue weighted by Gasteiger charge is 2.43. The molecule has 10 heteroatoms. The van der Waals surface area contributed by atoms with Gasteiger partial charge in [-0.3, -0.25) is 14.4 Å². The molecule has 0 aliphatic carbocycles. The van der Waals surface area contributed by atoms with Crippen LogP contribution in [0.2, 0.25) is 10.0 Å². The van der Waals surface area contributed by atoms with Crippen LogP contribution in [0.4, 0.5) is 5.69 Å². The standard InChI is InChI=1S/C27H25Cl2IN4O3/c1-33(2)14-13-31-25(35)23(16-3-7-18(28)8-4-16)34-24(17-5-9-19(29)10-6-17)26(36)32-22-12-11-20(30)15-21(22)27(34)37/h3-12,15,23-24H,13-14H2,1-2H3,(H,31,35)(H,32,36)/t23-,24-/m0/s1. The Bertz CT molecular complexity index is 1320. The van der Waals surface area contributed by atoms with E-state index in [2.05, 4.69) is 33.2 Å². The van der Waals surface area contributed by atoms with Gasteiger partial charge >= 0.3 is 0 Å². The second-order valence-corrected chi connectivity index (χ2v) is 11.0. The molecule has 0 saturated carbocycles. The van der Waals surface area contributed by atoms with Crippen LogP contribution in [0.1, 0.15) is 33.6 Å². The molecular weight excluding hydrogens is 626 g/mol. The number of nitrogens with one attached hydrogen (secondary N) is 2. The first-order valence-corrected chi connectivity index (χ1v) is 13.4. The molecule has 37 heavy (non-hydrogen) atoms. The summed E-state index contributed by atoms with van der Waals surface area (Å²) in [5.74, 6) is -1.29. The van der Waals surface area contributed by atoms with Crippen molar-refractivity contribution in [1.82, 2.24) is 15.1 Å². The third-order valence-corrected chi connectivity index (χ3v) is 7.16. The van der Waals surface area contributed by atoms with Crippen LogP contribution < -0.4 is 10.6 Å². The maximum atomic E-state index is 14.2. The molecule has 7 nitrogen and oxygen atoms in total. The van der Waals surface area contributed by atoms with Crippen molar-refractivity contribution in [1.29, 1.82) is 0 Å². The van der Waals surface area contributed by atoms with E-state index in [-0.39, 0.29) is 0 Å². The van der Waals surface area contributed by atoms with Crippen LogP contribution in [0, 0.1) is 3.57 Å². The molecule has 1 heterocycles. The van der Waals surface area contributed by atoms with Crippen LogP contribution in [-0.4, -0.2) is 54.7 Å². The lowest BCUT2D eigenvalue weighted by molar-refractivity contribution is -0.129. The molecule has 3 amide bonds. The minimum absolute atomic E-state index is 0.303. The lowest BCUT2D eigenvalue weighted by Crippen LogP contribution is -2.48. The Labute approximate surface area is 239 Å². The van der Waals surface area contributed by atoms with Crippen LogP contribution in [0.15, 0.2) is 66.7 Å². The zero-order valence-corrected chi connectivity index (χ0v) is 23.8. The Morgan fingerprint density at radius 2 is 1.65 bits per heavy atom. The number of nitrogens with zero attached hydrogens (tertiary/aromatic N) is 2. The SMILES string of the molecule is CN(C)CCNC(=O)[C@H](c1ccc(Cl)cc1)N1C(=O)c2cc(I)ccc2NC(=O)[C@@H]1c1ccc(Cl)cc1. The van der Waals surface area contributed by atoms with Gasteiger partial charge in [-0.25, -0.2) is 0 Å². The molecule has 3 aromatic rings. The van der Waals surface area contributed by atoms with Gasteiger partial charge in [-0.05, 0) is 90.3 Å². The second-order valence-electron chi connectivity index (χ2n) is 8.89. The molecule has 0 spiro atoms. The second kappa shape index (κ2) is 11.8. The van der Waals surface area contributed by atoms with Crippen LogP contribution in [-0.2, 0) is 9.59 Å². The first-order valence-electron chi connectivity index (χ1n) is 11.5. The molecule has 3 aromatic carbocycles. The van der Waals surface area contributed by atoms with Crippen molar-refractivity contribution in [3.63, 3.8) is 0 Å². The smallest absolute Gasteiger partial charge is 0.257 e. The van der Waals surface area contributed by atoms with E-state index in [4.69, 9.17) is 23.2 Å². The normalized spacial score (nSPS) is 16.2. The number of anilines is 1. The van der Waals surface area contributed by atoms with Crippen molar-refractivity contribution in [2.45, 2.75) is 12.1 Å². The fourth-order valence-electron chi connectivity index (χ4n) is 4.19. The molecule has 0 saturated heterocycles. The molecule has 0 radical (unpaired) electrons. The summed E-state index contributed by atoms with van der Waals surface area (Å²) in [5, 5.41) is 6.80.